The van der Waals surface area contributed by atoms with Gasteiger partial charge in [-0.05, 0) is 19.1 Å². The molecule has 0 spiro atoms. The highest BCUT2D eigenvalue weighted by Crippen LogP contribution is 2.03. The van der Waals surface area contributed by atoms with Gasteiger partial charge in [-0.3, -0.25) is 9.59 Å². The van der Waals surface area contributed by atoms with Crippen LogP contribution in [0, 0.1) is 0 Å². The third kappa shape index (κ3) is 3.92. The summed E-state index contributed by atoms with van der Waals surface area (Å²) in [5.41, 5.74) is 0. The van der Waals surface area contributed by atoms with Crippen LogP contribution >= 0.6 is 0 Å². The van der Waals surface area contributed by atoms with Gasteiger partial charge >= 0.3 is 0 Å². The number of aliphatic hydroxyl groups is 1. The number of carbonyl (C=O) groups excluding carboxylic acids is 2. The van der Waals surface area contributed by atoms with Crippen LogP contribution in [-0.4, -0.2) is 48.1 Å². The number of rotatable bonds is 5. The Morgan fingerprint density at radius 2 is 2.29 bits per heavy atom. The van der Waals surface area contributed by atoms with Crippen molar-refractivity contribution in [2.24, 2.45) is 0 Å². The van der Waals surface area contributed by atoms with Crippen molar-refractivity contribution in [2.75, 3.05) is 20.2 Å². The van der Waals surface area contributed by atoms with Gasteiger partial charge in [0.1, 0.15) is 0 Å². The van der Waals surface area contributed by atoms with Crippen molar-refractivity contribution in [1.29, 1.82) is 0 Å². The molecule has 0 saturated carbocycles. The van der Waals surface area contributed by atoms with Crippen LogP contribution in [0.4, 0.5) is 0 Å². The summed E-state index contributed by atoms with van der Waals surface area (Å²) in [6.45, 7) is 1.46. The molecule has 94 valence electrons. The largest absolute Gasteiger partial charge is 0.459 e. The summed E-state index contributed by atoms with van der Waals surface area (Å²) in [7, 11) is 1.51. The first-order valence-electron chi connectivity index (χ1n) is 5.23. The second-order valence-electron chi connectivity index (χ2n) is 3.79. The van der Waals surface area contributed by atoms with Crippen molar-refractivity contribution in [3.63, 3.8) is 0 Å². The quantitative estimate of drug-likeness (QED) is 0.749. The molecule has 0 fully saturated rings. The van der Waals surface area contributed by atoms with Gasteiger partial charge in [0.25, 0.3) is 5.91 Å². The summed E-state index contributed by atoms with van der Waals surface area (Å²) < 4.78 is 4.94. The van der Waals surface area contributed by atoms with E-state index in [1.807, 2.05) is 0 Å². The number of aliphatic hydroxyl groups excluding tert-OH is 1. The van der Waals surface area contributed by atoms with E-state index < -0.39 is 0 Å². The Bertz CT molecular complexity index is 375. The summed E-state index contributed by atoms with van der Waals surface area (Å²) in [5, 5.41) is 11.3. The van der Waals surface area contributed by atoms with E-state index in [0.29, 0.717) is 0 Å². The molecule has 1 rings (SSSR count). The molecule has 1 heterocycles. The number of likely N-dealkylation sites (N-methyl/N-ethyl adjacent to an activating group) is 1. The zero-order valence-electron chi connectivity index (χ0n) is 9.84. The minimum absolute atomic E-state index is 0.0795. The molecule has 0 aliphatic heterocycles. The number of hydrogen-bond acceptors (Lipinski definition) is 4. The van der Waals surface area contributed by atoms with Crippen LogP contribution in [0.15, 0.2) is 22.8 Å². The smallest absolute Gasteiger partial charge is 0.289 e. The Labute approximate surface area is 99.2 Å². The fourth-order valence-corrected chi connectivity index (χ4v) is 1.24. The van der Waals surface area contributed by atoms with E-state index in [1.54, 1.807) is 13.0 Å². The van der Waals surface area contributed by atoms with Crippen LogP contribution in [0.25, 0.3) is 0 Å². The number of hydrogen-bond donors (Lipinski definition) is 2. The molecule has 0 aliphatic rings. The highest BCUT2D eigenvalue weighted by molar-refractivity contribution is 5.94. The third-order valence-corrected chi connectivity index (χ3v) is 2.14. The molecule has 6 nitrogen and oxygen atoms in total. The Morgan fingerprint density at radius 1 is 1.59 bits per heavy atom. The highest BCUT2D eigenvalue weighted by Gasteiger charge is 2.17. The maximum absolute atomic E-state index is 11.7. The monoisotopic (exact) mass is 240 g/mol. The predicted molar refractivity (Wildman–Crippen MR) is 60.4 cm³/mol. The van der Waals surface area contributed by atoms with Gasteiger partial charge in [-0.25, -0.2) is 0 Å². The van der Waals surface area contributed by atoms with Crippen molar-refractivity contribution < 1.29 is 19.1 Å². The Balaban J connectivity index is 2.46. The van der Waals surface area contributed by atoms with Crippen molar-refractivity contribution in [2.45, 2.75) is 13.0 Å². The minimum Gasteiger partial charge on any atom is -0.459 e. The number of nitrogens with zero attached hydrogens (tertiary/aromatic N) is 1. The number of furan rings is 1. The lowest BCUT2D eigenvalue weighted by molar-refractivity contribution is -0.122. The number of amides is 2. The highest BCUT2D eigenvalue weighted by atomic mass is 16.3. The zero-order chi connectivity index (χ0) is 12.8. The molecular weight excluding hydrogens is 224 g/mol. The molecule has 0 saturated heterocycles. The predicted octanol–water partition coefficient (Wildman–Crippen LogP) is -0.151. The lowest BCUT2D eigenvalue weighted by Gasteiger charge is -2.17. The van der Waals surface area contributed by atoms with E-state index in [4.69, 9.17) is 9.52 Å². The average Bonchev–Trinajstić information content (AvgIpc) is 2.80. The molecule has 0 aliphatic carbocycles. The third-order valence-electron chi connectivity index (χ3n) is 2.14. The van der Waals surface area contributed by atoms with Crippen LogP contribution < -0.4 is 5.32 Å². The maximum Gasteiger partial charge on any atom is 0.289 e. The van der Waals surface area contributed by atoms with E-state index in [9.17, 15) is 9.59 Å². The lowest BCUT2D eigenvalue weighted by Crippen LogP contribution is -2.42. The molecule has 6 heteroatoms. The molecule has 17 heavy (non-hydrogen) atoms. The van der Waals surface area contributed by atoms with Gasteiger partial charge < -0.3 is 19.7 Å². The van der Waals surface area contributed by atoms with Crippen LogP contribution in [0.2, 0.25) is 0 Å². The summed E-state index contributed by atoms with van der Waals surface area (Å²) in [6, 6.07) is 2.82. The zero-order valence-corrected chi connectivity index (χ0v) is 9.84. The second kappa shape index (κ2) is 6.05. The fourth-order valence-electron chi connectivity index (χ4n) is 1.24. The van der Waals surface area contributed by atoms with Gasteiger partial charge in [0, 0.05) is 13.1 Å². The standard InChI is InChI=1S/C11H16N2O4/c1-8(7-14)12-10(15)6-13(2)11(16)9-4-3-5-17-9/h3-5,8,14H,6-7H2,1-2H3,(H,12,15). The van der Waals surface area contributed by atoms with E-state index >= 15 is 0 Å². The summed E-state index contributed by atoms with van der Waals surface area (Å²) in [5.74, 6) is -0.494. The molecule has 0 bridgehead atoms. The SMILES string of the molecule is CC(CO)NC(=O)CN(C)C(=O)c1ccco1. The van der Waals surface area contributed by atoms with Gasteiger partial charge in [0.15, 0.2) is 5.76 Å². The number of nitrogens with one attached hydrogen (secondary N) is 1. The van der Waals surface area contributed by atoms with Crippen molar-refractivity contribution >= 4 is 11.8 Å². The van der Waals surface area contributed by atoms with Crippen LogP contribution in [0.3, 0.4) is 0 Å². The molecule has 1 aromatic heterocycles. The van der Waals surface area contributed by atoms with E-state index in [1.165, 1.54) is 24.3 Å². The van der Waals surface area contributed by atoms with Crippen molar-refractivity contribution in [3.05, 3.63) is 24.2 Å². The van der Waals surface area contributed by atoms with Crippen LogP contribution in [0.5, 0.6) is 0 Å². The van der Waals surface area contributed by atoms with E-state index in [-0.39, 0.29) is 36.8 Å². The maximum atomic E-state index is 11.7. The van der Waals surface area contributed by atoms with Gasteiger partial charge in [-0.2, -0.15) is 0 Å². The molecule has 1 unspecified atom stereocenters. The van der Waals surface area contributed by atoms with Gasteiger partial charge in [0.05, 0.1) is 19.4 Å². The fraction of sp³-hybridized carbons (Fsp3) is 0.455. The van der Waals surface area contributed by atoms with Crippen molar-refractivity contribution in [1.82, 2.24) is 10.2 Å². The average molecular weight is 240 g/mol. The summed E-state index contributed by atoms with van der Waals surface area (Å²) in [4.78, 5) is 24.4. The molecule has 0 radical (unpaired) electrons. The molecule has 0 aromatic carbocycles. The first-order chi connectivity index (χ1) is 8.04. The Kier molecular flexibility index (Phi) is 4.71. The normalized spacial score (nSPS) is 11.9. The molecule has 1 atom stereocenters. The van der Waals surface area contributed by atoms with Crippen LogP contribution in [0.1, 0.15) is 17.5 Å². The van der Waals surface area contributed by atoms with Gasteiger partial charge in [-0.15, -0.1) is 0 Å². The topological polar surface area (TPSA) is 82.8 Å². The Hall–Kier alpha value is -1.82. The first kappa shape index (κ1) is 13.2. The van der Waals surface area contributed by atoms with Crippen molar-refractivity contribution in [3.8, 4) is 0 Å². The van der Waals surface area contributed by atoms with E-state index in [2.05, 4.69) is 5.32 Å². The van der Waals surface area contributed by atoms with Gasteiger partial charge in [0.2, 0.25) is 5.91 Å². The lowest BCUT2D eigenvalue weighted by atomic mass is 10.3. The molecule has 1 aromatic rings. The first-order valence-corrected chi connectivity index (χ1v) is 5.23. The summed E-state index contributed by atoms with van der Waals surface area (Å²) >= 11 is 0. The summed E-state index contributed by atoms with van der Waals surface area (Å²) in [6.07, 6.45) is 1.40. The van der Waals surface area contributed by atoms with E-state index in [0.717, 1.165) is 0 Å². The Morgan fingerprint density at radius 3 is 2.82 bits per heavy atom. The number of carbonyl (C=O) groups is 2. The molecule has 2 N–H and O–H groups in total. The molecular formula is C11H16N2O4. The van der Waals surface area contributed by atoms with Crippen LogP contribution in [-0.2, 0) is 4.79 Å². The van der Waals surface area contributed by atoms with Gasteiger partial charge in [-0.1, -0.05) is 0 Å². The molecule has 2 amide bonds. The minimum atomic E-state index is -0.359. The second-order valence-corrected chi connectivity index (χ2v) is 3.79.